The molecule has 1 amide bonds. The minimum Gasteiger partial charge on any atom is -0.459 e. The zero-order valence-corrected chi connectivity index (χ0v) is 29.7. The van der Waals surface area contributed by atoms with Gasteiger partial charge in [0.2, 0.25) is 0 Å². The fourth-order valence-corrected chi connectivity index (χ4v) is 9.50. The fourth-order valence-electron chi connectivity index (χ4n) is 9.50. The fraction of sp³-hybridized carbons (Fsp3) is 0.778. The number of esters is 2. The van der Waals surface area contributed by atoms with Crippen LogP contribution in [0.2, 0.25) is 0 Å². The molecular weight excluding hydrogens is 654 g/mol. The number of nitrogens with one attached hydrogen (secondary N) is 1. The molecule has 3 saturated carbocycles. The molecule has 0 unspecified atom stereocenters. The quantitative estimate of drug-likeness (QED) is 0.120. The molecule has 0 spiro atoms. The van der Waals surface area contributed by atoms with Gasteiger partial charge in [-0.1, -0.05) is 45.3 Å². The van der Waals surface area contributed by atoms with Gasteiger partial charge in [0.1, 0.15) is 36.1 Å². The van der Waals surface area contributed by atoms with Crippen LogP contribution in [0.3, 0.4) is 0 Å². The molecule has 11 atom stereocenters. The lowest BCUT2D eigenvalue weighted by Gasteiger charge is -2.66. The lowest BCUT2D eigenvalue weighted by molar-refractivity contribution is -0.345. The van der Waals surface area contributed by atoms with E-state index >= 15 is 0 Å². The van der Waals surface area contributed by atoms with Crippen LogP contribution in [-0.4, -0.2) is 116 Å². The van der Waals surface area contributed by atoms with Crippen LogP contribution in [0.4, 0.5) is 4.79 Å². The monoisotopic (exact) mass is 707 g/mol. The lowest BCUT2D eigenvalue weighted by atomic mass is 9.45. The number of alkyl carbamates (subject to hydrolysis) is 1. The Kier molecular flexibility index (Phi) is 10.7. The number of aliphatic hydroxyl groups is 5. The molecule has 1 aliphatic heterocycles. The number of ether oxygens (including phenoxy) is 4. The minimum absolute atomic E-state index is 0.000974. The molecule has 4 fully saturated rings. The third-order valence-electron chi connectivity index (χ3n) is 12.5. The average Bonchev–Trinajstić information content (AvgIpc) is 3.05. The van der Waals surface area contributed by atoms with Crippen LogP contribution in [-0.2, 0) is 33.3 Å². The number of aliphatic hydroxyl groups excluding tert-OH is 3. The number of carbonyl (C=O) groups excluding carboxylic acids is 4. The normalized spacial score (nSPS) is 39.5. The molecule has 5 rings (SSSR count). The largest absolute Gasteiger partial charge is 0.459 e. The van der Waals surface area contributed by atoms with Crippen LogP contribution in [0.25, 0.3) is 0 Å². The van der Waals surface area contributed by atoms with Crippen LogP contribution in [0.5, 0.6) is 0 Å². The van der Waals surface area contributed by atoms with Gasteiger partial charge in [-0.3, -0.25) is 9.59 Å². The van der Waals surface area contributed by atoms with Crippen molar-refractivity contribution in [3.05, 3.63) is 23.3 Å². The second-order valence-electron chi connectivity index (χ2n) is 15.6. The van der Waals surface area contributed by atoms with Crippen molar-refractivity contribution in [1.82, 2.24) is 5.32 Å². The highest BCUT2D eigenvalue weighted by atomic mass is 16.6. The second kappa shape index (κ2) is 13.9. The molecule has 1 saturated heterocycles. The summed E-state index contributed by atoms with van der Waals surface area (Å²) in [7, 11) is 0. The number of fused-ring (bicyclic) bond motifs is 5. The number of carbonyl (C=O) groups is 4. The molecule has 14 heteroatoms. The number of Topliss-reactive ketones (excluding diaryl/α,β-unsaturated/α-hetero) is 1. The Labute approximate surface area is 292 Å². The number of rotatable bonds is 8. The van der Waals surface area contributed by atoms with Crippen molar-refractivity contribution >= 4 is 23.8 Å². The van der Waals surface area contributed by atoms with E-state index in [4.69, 9.17) is 18.9 Å². The summed E-state index contributed by atoms with van der Waals surface area (Å²) >= 11 is 0. The van der Waals surface area contributed by atoms with Crippen molar-refractivity contribution in [2.24, 2.45) is 22.7 Å². The van der Waals surface area contributed by atoms with Crippen molar-refractivity contribution in [2.75, 3.05) is 13.2 Å². The maximum absolute atomic E-state index is 14.4. The molecule has 14 nitrogen and oxygen atoms in total. The van der Waals surface area contributed by atoms with E-state index < -0.39 is 101 Å². The van der Waals surface area contributed by atoms with Crippen LogP contribution in [0.15, 0.2) is 23.3 Å². The lowest BCUT2D eigenvalue weighted by Crippen LogP contribution is -2.81. The highest BCUT2D eigenvalue weighted by Gasteiger charge is 2.76. The van der Waals surface area contributed by atoms with Crippen molar-refractivity contribution in [1.29, 1.82) is 0 Å². The first-order valence-corrected chi connectivity index (χ1v) is 17.6. The van der Waals surface area contributed by atoms with Crippen LogP contribution >= 0.6 is 0 Å². The van der Waals surface area contributed by atoms with Gasteiger partial charge in [0.25, 0.3) is 0 Å². The summed E-state index contributed by atoms with van der Waals surface area (Å²) in [5, 5.41) is 62.3. The summed E-state index contributed by atoms with van der Waals surface area (Å²) in [4.78, 5) is 53.7. The smallest absolute Gasteiger partial charge is 0.407 e. The van der Waals surface area contributed by atoms with Gasteiger partial charge in [0, 0.05) is 31.1 Å². The van der Waals surface area contributed by atoms with E-state index in [-0.39, 0.29) is 36.7 Å². The van der Waals surface area contributed by atoms with E-state index in [2.05, 4.69) is 5.32 Å². The average molecular weight is 708 g/mol. The molecule has 1 heterocycles. The van der Waals surface area contributed by atoms with Gasteiger partial charge < -0.3 is 49.8 Å². The zero-order chi connectivity index (χ0) is 37.0. The molecule has 280 valence electrons. The first-order valence-electron chi connectivity index (χ1n) is 17.6. The molecule has 0 aromatic rings. The SMILES string of the molecule is C/C=C/COC(=O)N[C@@H](C1CCCCC1)[C@@H](O)C(=O)O[C@H]1C[C@@]2(O)[C@@H](OC(C)=O)[C@@H]3[C@]4(O)CO[C@@H]4C[C@H](O)[C@@]3(C)C(=O)[C@H](O)C(=C1C)C2(C)C. The van der Waals surface area contributed by atoms with E-state index in [1.165, 1.54) is 13.8 Å². The van der Waals surface area contributed by atoms with Crippen molar-refractivity contribution in [2.45, 2.75) is 140 Å². The van der Waals surface area contributed by atoms with Crippen molar-refractivity contribution < 1.29 is 63.7 Å². The number of amides is 1. The van der Waals surface area contributed by atoms with E-state index in [1.807, 2.05) is 0 Å². The summed E-state index contributed by atoms with van der Waals surface area (Å²) in [6, 6.07) is -1.06. The van der Waals surface area contributed by atoms with E-state index in [9.17, 15) is 44.7 Å². The summed E-state index contributed by atoms with van der Waals surface area (Å²) in [5.74, 6) is -4.52. The molecule has 0 radical (unpaired) electrons. The van der Waals surface area contributed by atoms with Crippen LogP contribution in [0, 0.1) is 22.7 Å². The van der Waals surface area contributed by atoms with Gasteiger partial charge in [0.05, 0.1) is 30.3 Å². The first-order chi connectivity index (χ1) is 23.4. The standard InChI is InChI=1S/C36H53NO13/c1-7-8-14-47-32(44)37-25(20-12-10-9-11-13-20)27(41)31(43)50-21-16-36(46)30(49-19(3)38)28-34(6,22(39)15-23-35(28,45)17-48-23)29(42)26(40)24(18(21)2)33(36,4)5/h7-8,20-23,25-28,30,39-41,45-46H,9-17H2,1-6H3,(H,37,44)/b8-7+/t21-,22-,23+,25-,26+,27+,28-,30-,34+,35-,36+/m0/s1. The predicted octanol–water partition coefficient (Wildman–Crippen LogP) is 1.38. The van der Waals surface area contributed by atoms with E-state index in [0.29, 0.717) is 12.8 Å². The Morgan fingerprint density at radius 2 is 1.74 bits per heavy atom. The molecule has 2 bridgehead atoms. The third kappa shape index (κ3) is 6.09. The Balaban J connectivity index is 1.55. The molecule has 0 aromatic heterocycles. The Morgan fingerprint density at radius 1 is 1.08 bits per heavy atom. The molecule has 6 N–H and O–H groups in total. The highest BCUT2D eigenvalue weighted by molar-refractivity contribution is 5.93. The second-order valence-corrected chi connectivity index (χ2v) is 15.6. The molecular formula is C36H53NO13. The Bertz CT molecular complexity index is 1420. The van der Waals surface area contributed by atoms with Gasteiger partial charge in [-0.05, 0) is 50.7 Å². The van der Waals surface area contributed by atoms with Gasteiger partial charge >= 0.3 is 18.0 Å². The Morgan fingerprint density at radius 3 is 2.32 bits per heavy atom. The zero-order valence-electron chi connectivity index (χ0n) is 29.7. The van der Waals surface area contributed by atoms with Gasteiger partial charge in [0.15, 0.2) is 11.9 Å². The number of ketones is 1. The maximum Gasteiger partial charge on any atom is 0.407 e. The predicted molar refractivity (Wildman–Crippen MR) is 175 cm³/mol. The van der Waals surface area contributed by atoms with E-state index in [1.54, 1.807) is 32.9 Å². The molecule has 4 aliphatic carbocycles. The maximum atomic E-state index is 14.4. The highest BCUT2D eigenvalue weighted by Crippen LogP contribution is 2.63. The first kappa shape index (κ1) is 38.4. The summed E-state index contributed by atoms with van der Waals surface area (Å²) < 4.78 is 22.5. The summed E-state index contributed by atoms with van der Waals surface area (Å²) in [5.41, 5.74) is -7.22. The van der Waals surface area contributed by atoms with Crippen molar-refractivity contribution in [3.63, 3.8) is 0 Å². The molecule has 5 aliphatic rings. The van der Waals surface area contributed by atoms with E-state index in [0.717, 1.165) is 26.2 Å². The molecule has 0 aromatic carbocycles. The number of hydrogen-bond donors (Lipinski definition) is 6. The number of allylic oxidation sites excluding steroid dienone is 1. The van der Waals surface area contributed by atoms with Gasteiger partial charge in [-0.15, -0.1) is 0 Å². The number of hydrogen-bond acceptors (Lipinski definition) is 13. The summed E-state index contributed by atoms with van der Waals surface area (Å²) in [6.07, 6.45) is -3.26. The van der Waals surface area contributed by atoms with Crippen LogP contribution < -0.4 is 5.32 Å². The minimum atomic E-state index is -2.21. The van der Waals surface area contributed by atoms with Crippen molar-refractivity contribution in [3.8, 4) is 0 Å². The summed E-state index contributed by atoms with van der Waals surface area (Å²) in [6.45, 7) is 8.65. The third-order valence-corrected chi connectivity index (χ3v) is 12.5. The molecule has 50 heavy (non-hydrogen) atoms. The van der Waals surface area contributed by atoms with Gasteiger partial charge in [-0.25, -0.2) is 9.59 Å². The Hall–Kier alpha value is -2.88. The topological polar surface area (TPSA) is 218 Å². The van der Waals surface area contributed by atoms with Gasteiger partial charge in [-0.2, -0.15) is 0 Å². The van der Waals surface area contributed by atoms with Crippen LogP contribution in [0.1, 0.15) is 86.5 Å².